The Hall–Kier alpha value is -2.04. The molecule has 0 unspecified atom stereocenters. The van der Waals surface area contributed by atoms with Crippen LogP contribution in [0.1, 0.15) is 5.56 Å². The maximum absolute atomic E-state index is 13.1. The molecule has 78 valence electrons. The fourth-order valence-electron chi connectivity index (χ4n) is 1.40. The van der Waals surface area contributed by atoms with Crippen molar-refractivity contribution in [3.8, 4) is 17.0 Å². The fraction of sp³-hybridized carbons (Fsp3) is 0.100. The molecule has 15 heavy (non-hydrogen) atoms. The predicted molar refractivity (Wildman–Crippen MR) is 52.7 cm³/mol. The van der Waals surface area contributed by atoms with E-state index in [1.165, 1.54) is 12.1 Å². The number of phenols is 1. The van der Waals surface area contributed by atoms with Crippen molar-refractivity contribution in [1.82, 2.24) is 5.16 Å². The summed E-state index contributed by atoms with van der Waals surface area (Å²) in [4.78, 5) is 0. The molecule has 0 aliphatic carbocycles. The van der Waals surface area contributed by atoms with Gasteiger partial charge in [-0.15, -0.1) is 0 Å². The molecule has 5 heteroatoms. The first kappa shape index (κ1) is 9.51. The van der Waals surface area contributed by atoms with Gasteiger partial charge < -0.3 is 15.4 Å². The minimum Gasteiger partial charge on any atom is -0.504 e. The molecule has 4 nitrogen and oxygen atoms in total. The Morgan fingerprint density at radius 3 is 2.80 bits per heavy atom. The summed E-state index contributed by atoms with van der Waals surface area (Å²) < 4.78 is 17.8. The summed E-state index contributed by atoms with van der Waals surface area (Å²) in [7, 11) is 0. The minimum atomic E-state index is -0.697. The van der Waals surface area contributed by atoms with Crippen LogP contribution in [0.4, 0.5) is 10.3 Å². The number of hydrogen-bond donors (Lipinski definition) is 2. The average molecular weight is 208 g/mol. The van der Waals surface area contributed by atoms with Crippen molar-refractivity contribution < 1.29 is 14.0 Å². The number of aromatic hydroxyl groups is 1. The van der Waals surface area contributed by atoms with Crippen molar-refractivity contribution >= 4 is 5.88 Å². The molecule has 0 bridgehead atoms. The lowest BCUT2D eigenvalue weighted by molar-refractivity contribution is 0.427. The van der Waals surface area contributed by atoms with Crippen LogP contribution in [0.25, 0.3) is 11.3 Å². The van der Waals surface area contributed by atoms with E-state index in [1.54, 1.807) is 13.0 Å². The van der Waals surface area contributed by atoms with Gasteiger partial charge in [0.05, 0.1) is 5.56 Å². The molecule has 1 heterocycles. The van der Waals surface area contributed by atoms with E-state index in [-0.39, 0.29) is 5.88 Å². The van der Waals surface area contributed by atoms with Gasteiger partial charge in [-0.2, -0.15) is 0 Å². The molecule has 0 atom stereocenters. The molecule has 0 aliphatic rings. The Kier molecular flexibility index (Phi) is 2.07. The first-order chi connectivity index (χ1) is 7.09. The Bertz CT molecular complexity index is 508. The van der Waals surface area contributed by atoms with E-state index in [4.69, 9.17) is 5.73 Å². The number of aromatic nitrogens is 1. The summed E-state index contributed by atoms with van der Waals surface area (Å²) in [6.45, 7) is 1.74. The fourth-order valence-corrected chi connectivity index (χ4v) is 1.40. The van der Waals surface area contributed by atoms with Gasteiger partial charge in [0, 0.05) is 6.07 Å². The van der Waals surface area contributed by atoms with Crippen molar-refractivity contribution in [2.24, 2.45) is 0 Å². The number of anilines is 1. The van der Waals surface area contributed by atoms with E-state index in [9.17, 15) is 9.50 Å². The third-order valence-electron chi connectivity index (χ3n) is 2.12. The van der Waals surface area contributed by atoms with E-state index in [0.29, 0.717) is 16.8 Å². The van der Waals surface area contributed by atoms with Crippen LogP contribution in [0.15, 0.2) is 22.7 Å². The zero-order valence-electron chi connectivity index (χ0n) is 7.99. The Labute approximate surface area is 85.1 Å². The van der Waals surface area contributed by atoms with Gasteiger partial charge in [0.25, 0.3) is 0 Å². The molecule has 0 radical (unpaired) electrons. The summed E-state index contributed by atoms with van der Waals surface area (Å²) in [6.07, 6.45) is 0. The summed E-state index contributed by atoms with van der Waals surface area (Å²) >= 11 is 0. The van der Waals surface area contributed by atoms with Gasteiger partial charge in [-0.1, -0.05) is 11.2 Å². The third kappa shape index (κ3) is 1.52. The van der Waals surface area contributed by atoms with E-state index in [2.05, 4.69) is 9.68 Å². The van der Waals surface area contributed by atoms with Crippen LogP contribution >= 0.6 is 0 Å². The van der Waals surface area contributed by atoms with Crippen LogP contribution in [0.2, 0.25) is 0 Å². The zero-order valence-corrected chi connectivity index (χ0v) is 7.99. The SMILES string of the molecule is Cc1ccc(F)c(O)c1-c1cc(N)on1. The highest BCUT2D eigenvalue weighted by Gasteiger charge is 2.15. The summed E-state index contributed by atoms with van der Waals surface area (Å²) in [5.74, 6) is -1.02. The maximum Gasteiger partial charge on any atom is 0.222 e. The number of nitrogens with zero attached hydrogens (tertiary/aromatic N) is 1. The van der Waals surface area contributed by atoms with Crippen LogP contribution in [0, 0.1) is 12.7 Å². The molecule has 0 amide bonds. The van der Waals surface area contributed by atoms with E-state index >= 15 is 0 Å². The molecule has 0 spiro atoms. The van der Waals surface area contributed by atoms with Gasteiger partial charge in [0.15, 0.2) is 11.6 Å². The molecule has 1 aromatic heterocycles. The first-order valence-electron chi connectivity index (χ1n) is 4.30. The van der Waals surface area contributed by atoms with Crippen molar-refractivity contribution in [2.45, 2.75) is 6.92 Å². The van der Waals surface area contributed by atoms with Crippen LogP contribution in [0.5, 0.6) is 5.75 Å². The lowest BCUT2D eigenvalue weighted by Crippen LogP contribution is -1.87. The molecule has 0 aliphatic heterocycles. The summed E-state index contributed by atoms with van der Waals surface area (Å²) in [5, 5.41) is 13.2. The second kappa shape index (κ2) is 3.27. The van der Waals surface area contributed by atoms with E-state index in [1.807, 2.05) is 0 Å². The van der Waals surface area contributed by atoms with Gasteiger partial charge in [-0.05, 0) is 18.6 Å². The smallest absolute Gasteiger partial charge is 0.222 e. The second-order valence-corrected chi connectivity index (χ2v) is 3.20. The molecule has 3 N–H and O–H groups in total. The monoisotopic (exact) mass is 208 g/mol. The number of nitrogens with two attached hydrogens (primary N) is 1. The zero-order chi connectivity index (χ0) is 11.0. The topological polar surface area (TPSA) is 72.3 Å². The molecule has 0 saturated heterocycles. The second-order valence-electron chi connectivity index (χ2n) is 3.20. The summed E-state index contributed by atoms with van der Waals surface area (Å²) in [6, 6.07) is 4.17. The highest BCUT2D eigenvalue weighted by Crippen LogP contribution is 2.34. The van der Waals surface area contributed by atoms with Crippen molar-refractivity contribution in [3.63, 3.8) is 0 Å². The predicted octanol–water partition coefficient (Wildman–Crippen LogP) is 2.08. The Balaban J connectivity index is 2.66. The number of aryl methyl sites for hydroxylation is 1. The molecular weight excluding hydrogens is 199 g/mol. The third-order valence-corrected chi connectivity index (χ3v) is 2.12. The number of rotatable bonds is 1. The van der Waals surface area contributed by atoms with Crippen molar-refractivity contribution in [1.29, 1.82) is 0 Å². The molecular formula is C10H9FN2O2. The van der Waals surface area contributed by atoms with E-state index < -0.39 is 11.6 Å². The van der Waals surface area contributed by atoms with Crippen LogP contribution in [-0.2, 0) is 0 Å². The van der Waals surface area contributed by atoms with Crippen LogP contribution in [0.3, 0.4) is 0 Å². The Morgan fingerprint density at radius 2 is 2.20 bits per heavy atom. The first-order valence-corrected chi connectivity index (χ1v) is 4.30. The van der Waals surface area contributed by atoms with Gasteiger partial charge >= 0.3 is 0 Å². The molecule has 0 fully saturated rings. The van der Waals surface area contributed by atoms with Crippen LogP contribution < -0.4 is 5.73 Å². The molecule has 0 saturated carbocycles. The number of nitrogen functional groups attached to an aromatic ring is 1. The normalized spacial score (nSPS) is 10.5. The van der Waals surface area contributed by atoms with Crippen molar-refractivity contribution in [3.05, 3.63) is 29.6 Å². The van der Waals surface area contributed by atoms with Gasteiger partial charge in [-0.25, -0.2) is 4.39 Å². The number of hydrogen-bond acceptors (Lipinski definition) is 4. The average Bonchev–Trinajstić information content (AvgIpc) is 2.59. The molecule has 2 aromatic rings. The molecule has 2 rings (SSSR count). The quantitative estimate of drug-likeness (QED) is 0.752. The maximum atomic E-state index is 13.1. The Morgan fingerprint density at radius 1 is 1.47 bits per heavy atom. The van der Waals surface area contributed by atoms with Crippen LogP contribution in [-0.4, -0.2) is 10.3 Å². The standard InChI is InChI=1S/C10H9FN2O2/c1-5-2-3-6(11)10(14)9(5)7-4-8(12)15-13-7/h2-4,14H,12H2,1H3. The minimum absolute atomic E-state index is 0.119. The van der Waals surface area contributed by atoms with Gasteiger partial charge in [-0.3, -0.25) is 0 Å². The largest absolute Gasteiger partial charge is 0.504 e. The summed E-state index contributed by atoms with van der Waals surface area (Å²) in [5.41, 5.74) is 6.67. The van der Waals surface area contributed by atoms with Gasteiger partial charge in [0.1, 0.15) is 5.69 Å². The van der Waals surface area contributed by atoms with Crippen molar-refractivity contribution in [2.75, 3.05) is 5.73 Å². The van der Waals surface area contributed by atoms with E-state index in [0.717, 1.165) is 0 Å². The highest BCUT2D eigenvalue weighted by molar-refractivity contribution is 5.71. The highest BCUT2D eigenvalue weighted by atomic mass is 19.1. The lowest BCUT2D eigenvalue weighted by Gasteiger charge is -2.05. The molecule has 1 aromatic carbocycles. The van der Waals surface area contributed by atoms with Gasteiger partial charge in [0.2, 0.25) is 5.88 Å². The lowest BCUT2D eigenvalue weighted by atomic mass is 10.0. The number of halogens is 1. The number of benzene rings is 1. The number of phenolic OH excluding ortho intramolecular Hbond substituents is 1.